The van der Waals surface area contributed by atoms with Crippen molar-refractivity contribution in [1.29, 1.82) is 0 Å². The second kappa shape index (κ2) is 4.89. The number of fused-ring (bicyclic) bond motifs is 1. The first-order valence-electron chi connectivity index (χ1n) is 5.47. The Morgan fingerprint density at radius 2 is 2.19 bits per heavy atom. The van der Waals surface area contributed by atoms with Crippen molar-refractivity contribution in [1.82, 2.24) is 15.1 Å². The number of benzene rings is 1. The van der Waals surface area contributed by atoms with Gasteiger partial charge in [-0.05, 0) is 51.2 Å². The SMILES string of the molecule is CN(C)CCCc1ccc2[nH]nc(S)c2c1. The molecule has 2 rings (SSSR count). The molecule has 0 aliphatic heterocycles. The Balaban J connectivity index is 2.10. The molecule has 0 atom stereocenters. The highest BCUT2D eigenvalue weighted by molar-refractivity contribution is 7.80. The predicted octanol–water partition coefficient (Wildman–Crippen LogP) is 2.35. The van der Waals surface area contributed by atoms with Gasteiger partial charge in [-0.1, -0.05) is 6.07 Å². The number of thiol groups is 1. The van der Waals surface area contributed by atoms with Gasteiger partial charge in [0.1, 0.15) is 5.03 Å². The van der Waals surface area contributed by atoms with Crippen LogP contribution in [-0.4, -0.2) is 35.7 Å². The Morgan fingerprint density at radius 1 is 1.38 bits per heavy atom. The second-order valence-electron chi connectivity index (χ2n) is 4.33. The molecular weight excluding hydrogens is 218 g/mol. The lowest BCUT2D eigenvalue weighted by Crippen LogP contribution is -2.13. The fraction of sp³-hybridized carbons (Fsp3) is 0.417. The Bertz CT molecular complexity index is 476. The molecular formula is C12H17N3S. The molecule has 16 heavy (non-hydrogen) atoms. The topological polar surface area (TPSA) is 31.9 Å². The van der Waals surface area contributed by atoms with E-state index < -0.39 is 0 Å². The number of rotatable bonds is 4. The summed E-state index contributed by atoms with van der Waals surface area (Å²) in [6, 6.07) is 6.41. The molecule has 0 unspecified atom stereocenters. The molecule has 0 bridgehead atoms. The van der Waals surface area contributed by atoms with E-state index in [0.717, 1.165) is 28.9 Å². The molecule has 2 aromatic rings. The maximum Gasteiger partial charge on any atom is 0.123 e. The van der Waals surface area contributed by atoms with Gasteiger partial charge < -0.3 is 4.90 Å². The van der Waals surface area contributed by atoms with Crippen LogP contribution in [0.1, 0.15) is 12.0 Å². The number of aromatic amines is 1. The van der Waals surface area contributed by atoms with Crippen LogP contribution < -0.4 is 0 Å². The number of H-pyrrole nitrogens is 1. The lowest BCUT2D eigenvalue weighted by atomic mass is 10.1. The minimum absolute atomic E-state index is 0.782. The van der Waals surface area contributed by atoms with Crippen LogP contribution in [0, 0.1) is 0 Å². The fourth-order valence-electron chi connectivity index (χ4n) is 1.80. The van der Waals surface area contributed by atoms with E-state index in [1.807, 2.05) is 0 Å². The molecule has 1 aromatic carbocycles. The zero-order chi connectivity index (χ0) is 11.5. The van der Waals surface area contributed by atoms with Crippen LogP contribution in [0.4, 0.5) is 0 Å². The number of hydrogen-bond acceptors (Lipinski definition) is 3. The quantitative estimate of drug-likeness (QED) is 0.797. The van der Waals surface area contributed by atoms with Gasteiger partial charge in [0.25, 0.3) is 0 Å². The summed E-state index contributed by atoms with van der Waals surface area (Å²) in [6.07, 6.45) is 2.28. The van der Waals surface area contributed by atoms with Crippen molar-refractivity contribution < 1.29 is 0 Å². The molecule has 0 aliphatic rings. The van der Waals surface area contributed by atoms with Crippen LogP contribution in [0.5, 0.6) is 0 Å². The van der Waals surface area contributed by atoms with Crippen LogP contribution in [-0.2, 0) is 6.42 Å². The molecule has 1 N–H and O–H groups in total. The summed E-state index contributed by atoms with van der Waals surface area (Å²) in [5, 5.41) is 8.93. The monoisotopic (exact) mass is 235 g/mol. The Morgan fingerprint density at radius 3 is 2.94 bits per heavy atom. The van der Waals surface area contributed by atoms with Crippen molar-refractivity contribution in [2.24, 2.45) is 0 Å². The normalized spacial score (nSPS) is 11.5. The molecule has 1 heterocycles. The summed E-state index contributed by atoms with van der Waals surface area (Å²) < 4.78 is 0. The highest BCUT2D eigenvalue weighted by Crippen LogP contribution is 2.20. The van der Waals surface area contributed by atoms with Gasteiger partial charge in [-0.25, -0.2) is 0 Å². The van der Waals surface area contributed by atoms with Gasteiger partial charge in [0.2, 0.25) is 0 Å². The molecule has 0 saturated carbocycles. The highest BCUT2D eigenvalue weighted by Gasteiger charge is 2.03. The summed E-state index contributed by atoms with van der Waals surface area (Å²) in [5.74, 6) is 0. The van der Waals surface area contributed by atoms with E-state index in [9.17, 15) is 0 Å². The van der Waals surface area contributed by atoms with E-state index in [1.165, 1.54) is 12.0 Å². The first kappa shape index (κ1) is 11.5. The standard InChI is InChI=1S/C12H17N3S/c1-15(2)7-3-4-9-5-6-11-10(8-9)12(16)14-13-11/h5-6,8H,3-4,7H2,1-2H3,(H2,13,14,16). The molecule has 0 amide bonds. The molecule has 0 saturated heterocycles. The van der Waals surface area contributed by atoms with E-state index >= 15 is 0 Å². The van der Waals surface area contributed by atoms with Crippen LogP contribution in [0.3, 0.4) is 0 Å². The van der Waals surface area contributed by atoms with Gasteiger partial charge >= 0.3 is 0 Å². The maximum absolute atomic E-state index is 4.32. The van der Waals surface area contributed by atoms with Crippen molar-refractivity contribution in [3.63, 3.8) is 0 Å². The number of hydrogen-bond donors (Lipinski definition) is 2. The highest BCUT2D eigenvalue weighted by atomic mass is 32.1. The van der Waals surface area contributed by atoms with Crippen molar-refractivity contribution >= 4 is 23.5 Å². The number of aryl methyl sites for hydroxylation is 1. The molecule has 1 aromatic heterocycles. The summed E-state index contributed by atoms with van der Waals surface area (Å²) in [6.45, 7) is 1.12. The molecule has 86 valence electrons. The van der Waals surface area contributed by atoms with Gasteiger partial charge in [-0.3, -0.25) is 5.10 Å². The van der Waals surface area contributed by atoms with Crippen LogP contribution >= 0.6 is 12.6 Å². The van der Waals surface area contributed by atoms with E-state index in [2.05, 4.69) is 60.0 Å². The van der Waals surface area contributed by atoms with Crippen molar-refractivity contribution in [3.05, 3.63) is 23.8 Å². The van der Waals surface area contributed by atoms with Gasteiger partial charge in [-0.2, -0.15) is 5.10 Å². The maximum atomic E-state index is 4.32. The molecule has 4 heteroatoms. The second-order valence-corrected chi connectivity index (χ2v) is 4.76. The molecule has 0 radical (unpaired) electrons. The lowest BCUT2D eigenvalue weighted by molar-refractivity contribution is 0.400. The van der Waals surface area contributed by atoms with Crippen LogP contribution in [0.25, 0.3) is 10.9 Å². The predicted molar refractivity (Wildman–Crippen MR) is 70.2 cm³/mol. The minimum atomic E-state index is 0.782. The average molecular weight is 235 g/mol. The molecule has 0 fully saturated rings. The van der Waals surface area contributed by atoms with Crippen molar-refractivity contribution in [2.75, 3.05) is 20.6 Å². The van der Waals surface area contributed by atoms with E-state index in [0.29, 0.717) is 0 Å². The summed E-state index contributed by atoms with van der Waals surface area (Å²) in [4.78, 5) is 2.21. The smallest absolute Gasteiger partial charge is 0.123 e. The molecule has 0 aliphatic carbocycles. The number of nitrogens with zero attached hydrogens (tertiary/aromatic N) is 2. The third-order valence-electron chi connectivity index (χ3n) is 2.68. The van der Waals surface area contributed by atoms with Gasteiger partial charge in [0.05, 0.1) is 5.52 Å². The first-order chi connectivity index (χ1) is 7.66. The largest absolute Gasteiger partial charge is 0.309 e. The third-order valence-corrected chi connectivity index (χ3v) is 3.02. The van der Waals surface area contributed by atoms with Crippen molar-refractivity contribution in [3.8, 4) is 0 Å². The van der Waals surface area contributed by atoms with Crippen LogP contribution in [0.2, 0.25) is 0 Å². The third kappa shape index (κ3) is 2.57. The molecule has 3 nitrogen and oxygen atoms in total. The summed E-state index contributed by atoms with van der Waals surface area (Å²) >= 11 is 4.32. The van der Waals surface area contributed by atoms with E-state index in [1.54, 1.807) is 0 Å². The van der Waals surface area contributed by atoms with Gasteiger partial charge in [0, 0.05) is 5.39 Å². The fourth-order valence-corrected chi connectivity index (χ4v) is 2.04. The molecule has 0 spiro atoms. The van der Waals surface area contributed by atoms with E-state index in [4.69, 9.17) is 0 Å². The minimum Gasteiger partial charge on any atom is -0.309 e. The average Bonchev–Trinajstić information content (AvgIpc) is 2.60. The lowest BCUT2D eigenvalue weighted by Gasteiger charge is -2.08. The van der Waals surface area contributed by atoms with Gasteiger partial charge in [0.15, 0.2) is 0 Å². The van der Waals surface area contributed by atoms with Gasteiger partial charge in [-0.15, -0.1) is 12.6 Å². The Hall–Kier alpha value is -1.000. The first-order valence-corrected chi connectivity index (χ1v) is 5.92. The summed E-state index contributed by atoms with van der Waals surface area (Å²) in [5.41, 5.74) is 2.41. The zero-order valence-electron chi connectivity index (χ0n) is 9.70. The van der Waals surface area contributed by atoms with E-state index in [-0.39, 0.29) is 0 Å². The zero-order valence-corrected chi connectivity index (χ0v) is 10.6. The Labute approximate surface area is 101 Å². The summed E-state index contributed by atoms with van der Waals surface area (Å²) in [7, 11) is 4.20. The number of nitrogens with one attached hydrogen (secondary N) is 1. The van der Waals surface area contributed by atoms with Crippen LogP contribution in [0.15, 0.2) is 23.2 Å². The van der Waals surface area contributed by atoms with Crippen molar-refractivity contribution in [2.45, 2.75) is 17.9 Å². The Kier molecular flexibility index (Phi) is 3.51. The number of aromatic nitrogens is 2.